The number of aromatic amines is 1. The molecule has 0 fully saturated rings. The molecule has 0 aliphatic rings. The number of aryl methyl sites for hydroxylation is 1. The number of methoxy groups -OCH3 is 2. The van der Waals surface area contributed by atoms with Gasteiger partial charge in [0.15, 0.2) is 11.5 Å². The molecule has 0 saturated heterocycles. The largest absolute Gasteiger partial charge is 0.493 e. The molecule has 3 aromatic heterocycles. The molecular weight excluding hydrogens is 396 g/mol. The first-order valence-corrected chi connectivity index (χ1v) is 10.1. The normalized spacial score (nSPS) is 11.4. The first-order valence-electron chi connectivity index (χ1n) is 10.1. The minimum atomic E-state index is 0.326. The molecule has 0 amide bonds. The van der Waals surface area contributed by atoms with E-state index in [-0.39, 0.29) is 0 Å². The molecular formula is C22H26N6O3. The lowest BCUT2D eigenvalue weighted by Crippen LogP contribution is -2.15. The highest BCUT2D eigenvalue weighted by atomic mass is 16.5. The van der Waals surface area contributed by atoms with E-state index in [1.807, 2.05) is 32.3 Å². The van der Waals surface area contributed by atoms with Gasteiger partial charge < -0.3 is 23.8 Å². The third kappa shape index (κ3) is 4.09. The lowest BCUT2D eigenvalue weighted by molar-refractivity contribution is 0.355. The summed E-state index contributed by atoms with van der Waals surface area (Å²) in [5.41, 5.74) is 4.72. The summed E-state index contributed by atoms with van der Waals surface area (Å²) in [5, 5.41) is 8.25. The fourth-order valence-electron chi connectivity index (χ4n) is 3.48. The molecule has 0 atom stereocenters. The van der Waals surface area contributed by atoms with Crippen molar-refractivity contribution in [1.29, 1.82) is 0 Å². The van der Waals surface area contributed by atoms with Crippen molar-refractivity contribution in [3.8, 4) is 34.5 Å². The monoisotopic (exact) mass is 422 g/mol. The Bertz CT molecular complexity index is 1200. The molecule has 9 nitrogen and oxygen atoms in total. The summed E-state index contributed by atoms with van der Waals surface area (Å²) in [6, 6.07) is 5.84. The second-order valence-corrected chi connectivity index (χ2v) is 7.41. The summed E-state index contributed by atoms with van der Waals surface area (Å²) in [5.74, 6) is 2.67. The molecule has 4 rings (SSSR count). The smallest absolute Gasteiger partial charge is 0.285 e. The number of ether oxygens (including phenoxy) is 2. The first-order chi connectivity index (χ1) is 15.0. The van der Waals surface area contributed by atoms with Gasteiger partial charge in [-0.3, -0.25) is 0 Å². The van der Waals surface area contributed by atoms with Crippen molar-refractivity contribution in [1.82, 2.24) is 30.0 Å². The van der Waals surface area contributed by atoms with E-state index in [0.717, 1.165) is 40.8 Å². The topological polar surface area (TPSA) is 102 Å². The van der Waals surface area contributed by atoms with Crippen LogP contribution in [-0.4, -0.2) is 64.9 Å². The molecule has 0 radical (unpaired) electrons. The van der Waals surface area contributed by atoms with Gasteiger partial charge in [-0.25, -0.2) is 9.97 Å². The average molecular weight is 422 g/mol. The number of hydrogen-bond donors (Lipinski definition) is 1. The van der Waals surface area contributed by atoms with Crippen LogP contribution in [0.15, 0.2) is 28.8 Å². The maximum absolute atomic E-state index is 5.78. The molecule has 1 N–H and O–H groups in total. The van der Waals surface area contributed by atoms with Crippen molar-refractivity contribution < 1.29 is 13.9 Å². The molecule has 0 aliphatic carbocycles. The van der Waals surface area contributed by atoms with Gasteiger partial charge in [-0.15, -0.1) is 10.2 Å². The van der Waals surface area contributed by atoms with Crippen LogP contribution in [-0.2, 0) is 12.8 Å². The Hall–Kier alpha value is -3.46. The maximum atomic E-state index is 5.78. The number of aromatic nitrogens is 5. The fraction of sp³-hybridized carbons (Fsp3) is 0.364. The zero-order valence-electron chi connectivity index (χ0n) is 18.4. The molecule has 0 unspecified atom stereocenters. The van der Waals surface area contributed by atoms with Crippen LogP contribution in [0.4, 0.5) is 0 Å². The summed E-state index contributed by atoms with van der Waals surface area (Å²) in [4.78, 5) is 14.7. The van der Waals surface area contributed by atoms with E-state index in [0.29, 0.717) is 35.5 Å². The Kier molecular flexibility index (Phi) is 5.85. The number of nitrogens with zero attached hydrogens (tertiary/aromatic N) is 5. The number of hydrogen-bond acceptors (Lipinski definition) is 8. The summed E-state index contributed by atoms with van der Waals surface area (Å²) in [6.07, 6.45) is 3.22. The van der Waals surface area contributed by atoms with Crippen LogP contribution in [0.3, 0.4) is 0 Å². The van der Waals surface area contributed by atoms with Gasteiger partial charge in [-0.2, -0.15) is 0 Å². The number of likely N-dealkylation sites (N-methyl/N-ethyl adjacent to an activating group) is 1. The maximum Gasteiger partial charge on any atom is 0.285 e. The molecule has 3 heterocycles. The average Bonchev–Trinajstić information content (AvgIpc) is 3.41. The number of rotatable bonds is 8. The molecule has 0 spiro atoms. The first kappa shape index (κ1) is 20.8. The predicted molar refractivity (Wildman–Crippen MR) is 117 cm³/mol. The highest BCUT2D eigenvalue weighted by Gasteiger charge is 2.18. The van der Waals surface area contributed by atoms with E-state index in [1.54, 1.807) is 20.4 Å². The molecule has 1 aromatic carbocycles. The van der Waals surface area contributed by atoms with Crippen molar-refractivity contribution in [2.75, 3.05) is 34.9 Å². The van der Waals surface area contributed by atoms with Crippen molar-refractivity contribution in [2.24, 2.45) is 0 Å². The second kappa shape index (κ2) is 8.73. The molecule has 0 saturated carbocycles. The number of nitrogens with one attached hydrogen (secondary N) is 1. The Morgan fingerprint density at radius 1 is 1.10 bits per heavy atom. The van der Waals surface area contributed by atoms with Crippen LogP contribution in [0.5, 0.6) is 11.5 Å². The summed E-state index contributed by atoms with van der Waals surface area (Å²) >= 11 is 0. The van der Waals surface area contributed by atoms with E-state index >= 15 is 0 Å². The Morgan fingerprint density at radius 3 is 2.61 bits per heavy atom. The lowest BCUT2D eigenvalue weighted by Gasteiger charge is -2.09. The van der Waals surface area contributed by atoms with Gasteiger partial charge in [0, 0.05) is 24.1 Å². The van der Waals surface area contributed by atoms with Gasteiger partial charge in [0.2, 0.25) is 11.7 Å². The van der Waals surface area contributed by atoms with Gasteiger partial charge in [-0.1, -0.05) is 6.92 Å². The molecule has 31 heavy (non-hydrogen) atoms. The van der Waals surface area contributed by atoms with Crippen LogP contribution >= 0.6 is 0 Å². The molecule has 0 bridgehead atoms. The molecule has 9 heteroatoms. The van der Waals surface area contributed by atoms with Crippen molar-refractivity contribution in [3.63, 3.8) is 0 Å². The summed E-state index contributed by atoms with van der Waals surface area (Å²) in [6.45, 7) is 2.93. The van der Waals surface area contributed by atoms with Crippen molar-refractivity contribution in [2.45, 2.75) is 19.8 Å². The van der Waals surface area contributed by atoms with Crippen LogP contribution in [0.1, 0.15) is 18.4 Å². The minimum absolute atomic E-state index is 0.326. The minimum Gasteiger partial charge on any atom is -0.493 e. The summed E-state index contributed by atoms with van der Waals surface area (Å²) in [7, 11) is 7.26. The van der Waals surface area contributed by atoms with Crippen LogP contribution in [0.25, 0.3) is 34.0 Å². The SMILES string of the molecule is CCc1c(-c2ccc(OC)c(OC)c2)[nH]c2cnc(-c3nnc(CCN(C)C)o3)nc12. The predicted octanol–water partition coefficient (Wildman–Crippen LogP) is 3.36. The van der Waals surface area contributed by atoms with Crippen LogP contribution < -0.4 is 9.47 Å². The second-order valence-electron chi connectivity index (χ2n) is 7.41. The number of benzene rings is 1. The third-order valence-corrected chi connectivity index (χ3v) is 5.09. The van der Waals surface area contributed by atoms with E-state index in [2.05, 4.69) is 32.0 Å². The standard InChI is InChI=1S/C22H26N6O3/c1-6-14-19(13-7-8-16(29-4)17(11-13)30-5)24-15-12-23-21(25-20(14)15)22-27-26-18(31-22)9-10-28(2)3/h7-8,11-12,24H,6,9-10H2,1-5H3. The third-order valence-electron chi connectivity index (χ3n) is 5.09. The Balaban J connectivity index is 1.73. The van der Waals surface area contributed by atoms with E-state index in [9.17, 15) is 0 Å². The quantitative estimate of drug-likeness (QED) is 0.461. The Labute approximate surface area is 180 Å². The molecule has 162 valence electrons. The summed E-state index contributed by atoms with van der Waals surface area (Å²) < 4.78 is 16.6. The van der Waals surface area contributed by atoms with Gasteiger partial charge in [0.25, 0.3) is 5.89 Å². The molecule has 0 aliphatic heterocycles. The van der Waals surface area contributed by atoms with Crippen molar-refractivity contribution >= 4 is 11.0 Å². The van der Waals surface area contributed by atoms with Crippen LogP contribution in [0, 0.1) is 0 Å². The lowest BCUT2D eigenvalue weighted by atomic mass is 10.0. The van der Waals surface area contributed by atoms with Gasteiger partial charge in [0.05, 0.1) is 37.1 Å². The van der Waals surface area contributed by atoms with Gasteiger partial charge >= 0.3 is 0 Å². The highest BCUT2D eigenvalue weighted by molar-refractivity contribution is 5.88. The Morgan fingerprint density at radius 2 is 1.90 bits per heavy atom. The van der Waals surface area contributed by atoms with E-state index in [4.69, 9.17) is 18.9 Å². The van der Waals surface area contributed by atoms with Crippen LogP contribution in [0.2, 0.25) is 0 Å². The number of fused-ring (bicyclic) bond motifs is 1. The zero-order chi connectivity index (χ0) is 22.0. The number of H-pyrrole nitrogens is 1. The highest BCUT2D eigenvalue weighted by Crippen LogP contribution is 2.36. The van der Waals surface area contributed by atoms with Gasteiger partial charge in [-0.05, 0) is 38.7 Å². The van der Waals surface area contributed by atoms with Crippen molar-refractivity contribution in [3.05, 3.63) is 35.9 Å². The van der Waals surface area contributed by atoms with Gasteiger partial charge in [0.1, 0.15) is 0 Å². The fourth-order valence-corrected chi connectivity index (χ4v) is 3.48. The van der Waals surface area contributed by atoms with E-state index in [1.165, 1.54) is 0 Å². The molecule has 4 aromatic rings. The zero-order valence-corrected chi connectivity index (χ0v) is 18.4. The van der Waals surface area contributed by atoms with E-state index < -0.39 is 0 Å².